The number of nitrogens with one attached hydrogen (secondary N) is 2. The number of urea groups is 1. The molecule has 0 spiro atoms. The molecule has 0 unspecified atom stereocenters. The lowest BCUT2D eigenvalue weighted by Gasteiger charge is -2.47. The van der Waals surface area contributed by atoms with Crippen molar-refractivity contribution in [3.8, 4) is 0 Å². The van der Waals surface area contributed by atoms with Crippen molar-refractivity contribution in [1.82, 2.24) is 15.5 Å². The minimum Gasteiger partial charge on any atom is -0.480 e. The normalized spacial score (nSPS) is 16.4. The Morgan fingerprint density at radius 3 is 2.35 bits per heavy atom. The van der Waals surface area contributed by atoms with Crippen LogP contribution in [0.1, 0.15) is 19.3 Å². The fraction of sp³-hybridized carbons (Fsp3) is 0.750. The van der Waals surface area contributed by atoms with Gasteiger partial charge in [0, 0.05) is 12.1 Å². The van der Waals surface area contributed by atoms with Crippen LogP contribution in [0.25, 0.3) is 0 Å². The molecule has 1 fully saturated rings. The number of imide groups is 1. The maximum absolute atomic E-state index is 11.5. The number of hydrogen-bond donors (Lipinski definition) is 3. The number of amides is 3. The summed E-state index contributed by atoms with van der Waals surface area (Å²) in [5.41, 5.74) is -0.0276. The molecule has 0 aromatic heterocycles. The van der Waals surface area contributed by atoms with Gasteiger partial charge in [-0.3, -0.25) is 10.1 Å². The van der Waals surface area contributed by atoms with Gasteiger partial charge in [0.25, 0.3) is 5.91 Å². The molecule has 1 aliphatic rings. The standard InChI is InChI=1S/C12H21N3O5/c1-15(2)12(4-3-5-12)8-13-11(19)14-9(16)6-20-7-10(17)18/h3-8H2,1-2H3,(H,17,18)(H2,13,14,16,19). The molecule has 3 N–H and O–H groups in total. The maximum atomic E-state index is 11.5. The molecule has 114 valence electrons. The summed E-state index contributed by atoms with van der Waals surface area (Å²) >= 11 is 0. The zero-order valence-corrected chi connectivity index (χ0v) is 11.8. The van der Waals surface area contributed by atoms with E-state index in [4.69, 9.17) is 5.11 Å². The molecule has 8 heteroatoms. The molecule has 1 saturated carbocycles. The average Bonchev–Trinajstić information content (AvgIpc) is 2.26. The van der Waals surface area contributed by atoms with Gasteiger partial charge in [0.15, 0.2) is 0 Å². The van der Waals surface area contributed by atoms with Crippen molar-refractivity contribution in [2.24, 2.45) is 0 Å². The van der Waals surface area contributed by atoms with Gasteiger partial charge in [0.1, 0.15) is 13.2 Å². The minimum atomic E-state index is -1.17. The molecule has 0 aliphatic heterocycles. The molecule has 1 aliphatic carbocycles. The quantitative estimate of drug-likeness (QED) is 0.577. The minimum absolute atomic E-state index is 0.0276. The largest absolute Gasteiger partial charge is 0.480 e. The summed E-state index contributed by atoms with van der Waals surface area (Å²) in [5.74, 6) is -1.84. The summed E-state index contributed by atoms with van der Waals surface area (Å²) in [4.78, 5) is 35.1. The number of aliphatic carboxylic acids is 1. The second-order valence-electron chi connectivity index (χ2n) is 5.09. The van der Waals surface area contributed by atoms with Gasteiger partial charge < -0.3 is 20.1 Å². The first kappa shape index (κ1) is 16.4. The van der Waals surface area contributed by atoms with Gasteiger partial charge in [-0.2, -0.15) is 0 Å². The fourth-order valence-corrected chi connectivity index (χ4v) is 2.05. The number of carboxylic acid groups (broad SMARTS) is 1. The molecular formula is C12H21N3O5. The number of nitrogens with zero attached hydrogens (tertiary/aromatic N) is 1. The van der Waals surface area contributed by atoms with Crippen LogP contribution in [-0.2, 0) is 14.3 Å². The zero-order chi connectivity index (χ0) is 15.2. The fourth-order valence-electron chi connectivity index (χ4n) is 2.05. The number of likely N-dealkylation sites (N-methyl/N-ethyl adjacent to an activating group) is 1. The van der Waals surface area contributed by atoms with E-state index in [0.717, 1.165) is 19.3 Å². The van der Waals surface area contributed by atoms with Gasteiger partial charge in [-0.05, 0) is 33.4 Å². The van der Waals surface area contributed by atoms with E-state index in [2.05, 4.69) is 20.3 Å². The number of carboxylic acids is 1. The predicted octanol–water partition coefficient (Wildman–Crippen LogP) is -0.602. The van der Waals surface area contributed by atoms with E-state index in [1.165, 1.54) is 0 Å². The lowest BCUT2D eigenvalue weighted by atomic mass is 9.75. The summed E-state index contributed by atoms with van der Waals surface area (Å²) in [7, 11) is 3.92. The Balaban J connectivity index is 2.23. The number of hydrogen-bond acceptors (Lipinski definition) is 5. The third-order valence-electron chi connectivity index (χ3n) is 3.52. The van der Waals surface area contributed by atoms with E-state index in [-0.39, 0.29) is 5.54 Å². The molecule has 0 atom stereocenters. The second-order valence-corrected chi connectivity index (χ2v) is 5.09. The highest BCUT2D eigenvalue weighted by molar-refractivity contribution is 5.95. The summed E-state index contributed by atoms with van der Waals surface area (Å²) < 4.78 is 4.57. The average molecular weight is 287 g/mol. The highest BCUT2D eigenvalue weighted by atomic mass is 16.5. The molecule has 1 rings (SSSR count). The highest BCUT2D eigenvalue weighted by Crippen LogP contribution is 2.35. The van der Waals surface area contributed by atoms with Crippen LogP contribution in [0.5, 0.6) is 0 Å². The molecule has 20 heavy (non-hydrogen) atoms. The SMILES string of the molecule is CN(C)C1(CNC(=O)NC(=O)COCC(=O)O)CCC1. The van der Waals surface area contributed by atoms with E-state index < -0.39 is 31.1 Å². The maximum Gasteiger partial charge on any atom is 0.329 e. The summed E-state index contributed by atoms with van der Waals surface area (Å²) in [5, 5.41) is 13.1. The zero-order valence-electron chi connectivity index (χ0n) is 11.8. The van der Waals surface area contributed by atoms with Crippen molar-refractivity contribution < 1.29 is 24.2 Å². The van der Waals surface area contributed by atoms with Crippen molar-refractivity contribution >= 4 is 17.9 Å². The van der Waals surface area contributed by atoms with Crippen LogP contribution in [0, 0.1) is 0 Å². The smallest absolute Gasteiger partial charge is 0.329 e. The molecule has 0 radical (unpaired) electrons. The molecule has 0 saturated heterocycles. The molecule has 8 nitrogen and oxygen atoms in total. The summed E-state index contributed by atoms with van der Waals surface area (Å²) in [6, 6.07) is -0.595. The Morgan fingerprint density at radius 2 is 1.90 bits per heavy atom. The van der Waals surface area contributed by atoms with Crippen molar-refractivity contribution in [2.45, 2.75) is 24.8 Å². The Kier molecular flexibility index (Phi) is 5.90. The Bertz CT molecular complexity index is 379. The number of carbonyl (C=O) groups excluding carboxylic acids is 2. The lowest BCUT2D eigenvalue weighted by molar-refractivity contribution is -0.143. The molecule has 0 bridgehead atoms. The van der Waals surface area contributed by atoms with Crippen LogP contribution in [0.3, 0.4) is 0 Å². The first-order valence-electron chi connectivity index (χ1n) is 6.40. The van der Waals surface area contributed by atoms with Gasteiger partial charge in [-0.1, -0.05) is 0 Å². The third-order valence-corrected chi connectivity index (χ3v) is 3.52. The van der Waals surface area contributed by atoms with Crippen LogP contribution < -0.4 is 10.6 Å². The van der Waals surface area contributed by atoms with Crippen LogP contribution >= 0.6 is 0 Å². The van der Waals surface area contributed by atoms with Gasteiger partial charge in [0.2, 0.25) is 0 Å². The van der Waals surface area contributed by atoms with Crippen molar-refractivity contribution in [3.63, 3.8) is 0 Å². The van der Waals surface area contributed by atoms with E-state index >= 15 is 0 Å². The molecule has 0 aromatic carbocycles. The second kappa shape index (κ2) is 7.20. The van der Waals surface area contributed by atoms with Gasteiger partial charge in [-0.25, -0.2) is 9.59 Å². The molecule has 0 aromatic rings. The number of carbonyl (C=O) groups is 3. The highest BCUT2D eigenvalue weighted by Gasteiger charge is 2.39. The lowest BCUT2D eigenvalue weighted by Crippen LogP contribution is -2.58. The van der Waals surface area contributed by atoms with Crippen LogP contribution in [-0.4, -0.2) is 67.3 Å². The Morgan fingerprint density at radius 1 is 1.25 bits per heavy atom. The summed E-state index contributed by atoms with van der Waals surface area (Å²) in [6.45, 7) is -0.563. The van der Waals surface area contributed by atoms with Crippen LogP contribution in [0.2, 0.25) is 0 Å². The van der Waals surface area contributed by atoms with Gasteiger partial charge >= 0.3 is 12.0 Å². The van der Waals surface area contributed by atoms with E-state index in [1.807, 2.05) is 14.1 Å². The van der Waals surface area contributed by atoms with E-state index in [0.29, 0.717) is 6.54 Å². The molecular weight excluding hydrogens is 266 g/mol. The first-order chi connectivity index (χ1) is 9.35. The molecule has 3 amide bonds. The first-order valence-corrected chi connectivity index (χ1v) is 6.40. The van der Waals surface area contributed by atoms with Crippen molar-refractivity contribution in [3.05, 3.63) is 0 Å². The van der Waals surface area contributed by atoms with Gasteiger partial charge in [-0.15, -0.1) is 0 Å². The van der Waals surface area contributed by atoms with Crippen LogP contribution in [0.15, 0.2) is 0 Å². The Hall–Kier alpha value is -1.67. The predicted molar refractivity (Wildman–Crippen MR) is 70.3 cm³/mol. The molecule has 0 heterocycles. The Labute approximate surface area is 117 Å². The van der Waals surface area contributed by atoms with Crippen LogP contribution in [0.4, 0.5) is 4.79 Å². The number of rotatable bonds is 7. The topological polar surface area (TPSA) is 108 Å². The van der Waals surface area contributed by atoms with E-state index in [1.54, 1.807) is 0 Å². The van der Waals surface area contributed by atoms with Crippen molar-refractivity contribution in [1.29, 1.82) is 0 Å². The monoisotopic (exact) mass is 287 g/mol. The van der Waals surface area contributed by atoms with E-state index in [9.17, 15) is 14.4 Å². The van der Waals surface area contributed by atoms with Crippen molar-refractivity contribution in [2.75, 3.05) is 33.9 Å². The third kappa shape index (κ3) is 4.78. The summed E-state index contributed by atoms with van der Waals surface area (Å²) in [6.07, 6.45) is 3.15. The van der Waals surface area contributed by atoms with Gasteiger partial charge in [0.05, 0.1) is 0 Å². The number of ether oxygens (including phenoxy) is 1.